The van der Waals surface area contributed by atoms with Crippen LogP contribution in [0.4, 0.5) is 0 Å². The molecule has 0 spiro atoms. The summed E-state index contributed by atoms with van der Waals surface area (Å²) in [5.74, 6) is -1.24. The predicted molar refractivity (Wildman–Crippen MR) is 110 cm³/mol. The van der Waals surface area contributed by atoms with Crippen LogP contribution in [0.1, 0.15) is 71.1 Å². The molecule has 0 amide bonds. The Labute approximate surface area is 176 Å². The van der Waals surface area contributed by atoms with E-state index in [-0.39, 0.29) is 31.8 Å². The highest BCUT2D eigenvalue weighted by atomic mass is 32.2. The highest BCUT2D eigenvalue weighted by Gasteiger charge is 2.17. The van der Waals surface area contributed by atoms with Gasteiger partial charge in [-0.15, -0.1) is 0 Å². The Kier molecular flexibility index (Phi) is 15.0. The SMILES string of the molecule is CCCCCCCCCOC(=O)CCC(=O)OCC[N+](C)(C)CCCS(=O)(=O)[O-]. The first-order valence-electron chi connectivity index (χ1n) is 10.6. The average Bonchev–Trinajstić information content (AvgIpc) is 2.60. The number of unbranched alkanes of at least 4 members (excludes halogenated alkanes) is 6. The van der Waals surface area contributed by atoms with E-state index in [0.29, 0.717) is 24.2 Å². The van der Waals surface area contributed by atoms with Crippen LogP contribution in [0.25, 0.3) is 0 Å². The molecule has 0 unspecified atom stereocenters. The molecule has 0 aliphatic rings. The maximum absolute atomic E-state index is 11.7. The molecule has 0 saturated heterocycles. The summed E-state index contributed by atoms with van der Waals surface area (Å²) in [7, 11) is -0.465. The molecule has 0 fully saturated rings. The van der Waals surface area contributed by atoms with Crippen molar-refractivity contribution in [2.75, 3.05) is 46.2 Å². The minimum atomic E-state index is -4.20. The Balaban J connectivity index is 3.70. The molecule has 0 rings (SSSR count). The average molecular weight is 438 g/mol. The number of rotatable bonds is 18. The molecule has 0 aliphatic carbocycles. The second-order valence-corrected chi connectivity index (χ2v) is 9.58. The van der Waals surface area contributed by atoms with Crippen LogP contribution in [-0.2, 0) is 29.2 Å². The lowest BCUT2D eigenvalue weighted by molar-refractivity contribution is -0.890. The van der Waals surface area contributed by atoms with Crippen molar-refractivity contribution in [3.63, 3.8) is 0 Å². The van der Waals surface area contributed by atoms with Crippen LogP contribution in [0.15, 0.2) is 0 Å². The summed E-state index contributed by atoms with van der Waals surface area (Å²) < 4.78 is 42.6. The maximum atomic E-state index is 11.7. The summed E-state index contributed by atoms with van der Waals surface area (Å²) in [5, 5.41) is 0. The summed E-state index contributed by atoms with van der Waals surface area (Å²) in [6.07, 6.45) is 8.29. The number of nitrogens with zero attached hydrogens (tertiary/aromatic N) is 1. The molecule has 0 aromatic carbocycles. The molecule has 172 valence electrons. The first-order valence-corrected chi connectivity index (χ1v) is 12.2. The number of carbonyl (C=O) groups is 2. The van der Waals surface area contributed by atoms with Crippen LogP contribution in [0.2, 0.25) is 0 Å². The number of likely N-dealkylation sites (N-methyl/N-ethyl adjacent to an activating group) is 1. The highest BCUT2D eigenvalue weighted by Crippen LogP contribution is 2.07. The van der Waals surface area contributed by atoms with E-state index in [9.17, 15) is 22.6 Å². The quantitative estimate of drug-likeness (QED) is 0.140. The van der Waals surface area contributed by atoms with Gasteiger partial charge in [-0.1, -0.05) is 45.4 Å². The third-order valence-corrected chi connectivity index (χ3v) is 5.45. The number of ether oxygens (including phenoxy) is 2. The molecule has 0 saturated carbocycles. The molecular formula is C20H39NO7S. The molecule has 0 atom stereocenters. The standard InChI is InChI=1S/C20H39NO7S/c1-4-5-6-7-8-9-10-16-27-19(22)12-13-20(23)28-17-15-21(2,3)14-11-18-29(24,25)26/h4-18H2,1-3H3. The Morgan fingerprint density at radius 1 is 0.793 bits per heavy atom. The molecule has 8 nitrogen and oxygen atoms in total. The smallest absolute Gasteiger partial charge is 0.306 e. The van der Waals surface area contributed by atoms with Gasteiger partial charge < -0.3 is 18.5 Å². The third kappa shape index (κ3) is 19.9. The van der Waals surface area contributed by atoms with Gasteiger partial charge in [0.25, 0.3) is 0 Å². The third-order valence-electron chi connectivity index (χ3n) is 4.66. The summed E-state index contributed by atoms with van der Waals surface area (Å²) >= 11 is 0. The van der Waals surface area contributed by atoms with E-state index >= 15 is 0 Å². The Morgan fingerprint density at radius 3 is 1.86 bits per heavy atom. The van der Waals surface area contributed by atoms with Gasteiger partial charge in [0.05, 0.1) is 50.2 Å². The van der Waals surface area contributed by atoms with E-state index in [4.69, 9.17) is 9.47 Å². The molecule has 0 aromatic heterocycles. The van der Waals surface area contributed by atoms with Gasteiger partial charge >= 0.3 is 11.9 Å². The summed E-state index contributed by atoms with van der Waals surface area (Å²) in [6.45, 7) is 3.73. The molecule has 0 heterocycles. The van der Waals surface area contributed by atoms with E-state index in [0.717, 1.165) is 19.3 Å². The van der Waals surface area contributed by atoms with Gasteiger partial charge in [-0.2, -0.15) is 0 Å². The second-order valence-electron chi connectivity index (χ2n) is 8.06. The lowest BCUT2D eigenvalue weighted by Crippen LogP contribution is -2.43. The van der Waals surface area contributed by atoms with Gasteiger partial charge in [-0.3, -0.25) is 9.59 Å². The van der Waals surface area contributed by atoms with E-state index in [1.54, 1.807) is 0 Å². The van der Waals surface area contributed by atoms with Gasteiger partial charge in [-0.25, -0.2) is 8.42 Å². The summed E-state index contributed by atoms with van der Waals surface area (Å²) in [6, 6.07) is 0. The highest BCUT2D eigenvalue weighted by molar-refractivity contribution is 7.85. The van der Waals surface area contributed by atoms with Crippen LogP contribution < -0.4 is 0 Å². The van der Waals surface area contributed by atoms with Gasteiger partial charge in [0.15, 0.2) is 0 Å². The Bertz CT molecular complexity index is 561. The molecule has 0 radical (unpaired) electrons. The number of esters is 2. The van der Waals surface area contributed by atoms with Gasteiger partial charge in [0.1, 0.15) is 13.2 Å². The zero-order chi connectivity index (χ0) is 22.2. The number of quaternary nitrogens is 1. The molecule has 0 aliphatic heterocycles. The van der Waals surface area contributed by atoms with Crippen molar-refractivity contribution in [3.05, 3.63) is 0 Å². The largest absolute Gasteiger partial charge is 0.748 e. The van der Waals surface area contributed by atoms with Crippen LogP contribution in [-0.4, -0.2) is 75.5 Å². The van der Waals surface area contributed by atoms with Crippen molar-refractivity contribution in [1.29, 1.82) is 0 Å². The molecule has 0 aromatic rings. The first-order chi connectivity index (χ1) is 13.6. The normalized spacial score (nSPS) is 12.0. The lowest BCUT2D eigenvalue weighted by atomic mass is 10.1. The van der Waals surface area contributed by atoms with Gasteiger partial charge in [0.2, 0.25) is 0 Å². The van der Waals surface area contributed by atoms with Crippen molar-refractivity contribution in [2.45, 2.75) is 71.1 Å². The van der Waals surface area contributed by atoms with Crippen LogP contribution >= 0.6 is 0 Å². The van der Waals surface area contributed by atoms with E-state index in [1.807, 2.05) is 14.1 Å². The summed E-state index contributed by atoms with van der Waals surface area (Å²) in [4.78, 5) is 23.4. The fourth-order valence-corrected chi connectivity index (χ4v) is 3.26. The second kappa shape index (κ2) is 15.6. The Hall–Kier alpha value is -1.19. The zero-order valence-corrected chi connectivity index (χ0v) is 19.1. The van der Waals surface area contributed by atoms with Crippen LogP contribution in [0, 0.1) is 0 Å². The van der Waals surface area contributed by atoms with Crippen LogP contribution in [0.3, 0.4) is 0 Å². The van der Waals surface area contributed by atoms with Crippen molar-refractivity contribution < 1.29 is 36.5 Å². The minimum absolute atomic E-state index is 0.00887. The fraction of sp³-hybridized carbons (Fsp3) is 0.900. The van der Waals surface area contributed by atoms with Crippen molar-refractivity contribution in [1.82, 2.24) is 0 Å². The molecule has 0 N–H and O–H groups in total. The monoisotopic (exact) mass is 437 g/mol. The van der Waals surface area contributed by atoms with Gasteiger partial charge in [-0.05, 0) is 6.42 Å². The summed E-state index contributed by atoms with van der Waals surface area (Å²) in [5.41, 5.74) is 0. The van der Waals surface area contributed by atoms with E-state index in [2.05, 4.69) is 6.92 Å². The minimum Gasteiger partial charge on any atom is -0.748 e. The van der Waals surface area contributed by atoms with Crippen molar-refractivity contribution >= 4 is 22.1 Å². The molecule has 9 heteroatoms. The van der Waals surface area contributed by atoms with Crippen molar-refractivity contribution in [3.8, 4) is 0 Å². The van der Waals surface area contributed by atoms with Gasteiger partial charge in [0, 0.05) is 12.2 Å². The fourth-order valence-electron chi connectivity index (χ4n) is 2.78. The Morgan fingerprint density at radius 2 is 1.31 bits per heavy atom. The number of hydrogen-bond donors (Lipinski definition) is 0. The lowest BCUT2D eigenvalue weighted by Gasteiger charge is -2.29. The van der Waals surface area contributed by atoms with E-state index < -0.39 is 21.8 Å². The number of carbonyl (C=O) groups excluding carboxylic acids is 2. The van der Waals surface area contributed by atoms with Crippen molar-refractivity contribution in [2.24, 2.45) is 0 Å². The topological polar surface area (TPSA) is 110 Å². The van der Waals surface area contributed by atoms with Crippen LogP contribution in [0.5, 0.6) is 0 Å². The molecular weight excluding hydrogens is 398 g/mol. The zero-order valence-electron chi connectivity index (χ0n) is 18.3. The molecule has 29 heavy (non-hydrogen) atoms. The maximum Gasteiger partial charge on any atom is 0.306 e. The number of hydrogen-bond acceptors (Lipinski definition) is 7. The molecule has 0 bridgehead atoms. The predicted octanol–water partition coefficient (Wildman–Crippen LogP) is 2.62. The first kappa shape index (κ1) is 27.8. The van der Waals surface area contributed by atoms with E-state index in [1.165, 1.54) is 25.7 Å².